The largest absolute Gasteiger partial charge is 0.395 e. The standard InChI is InChI=1S/C24H34F2N6O4SSi/c1-38(2)13-9-31(10-14-38)20-15-18(30-37(35,36)12-11-33)3-4-19(20)23(34)29-21-16-27-17-22(28-21)32-7-5-24(25,26)6-8-32/h3-4,15-17,30,33H,5-14H2,1-2H3,(H,28,29,34). The molecule has 3 N–H and O–H groups in total. The molecule has 0 spiro atoms. The van der Waals surface area contributed by atoms with E-state index in [-0.39, 0.29) is 31.7 Å². The van der Waals surface area contributed by atoms with Crippen molar-refractivity contribution in [3.63, 3.8) is 0 Å². The van der Waals surface area contributed by atoms with E-state index >= 15 is 0 Å². The number of aliphatic hydroxyl groups is 1. The van der Waals surface area contributed by atoms with Gasteiger partial charge in [-0.05, 0) is 30.3 Å². The van der Waals surface area contributed by atoms with Crippen molar-refractivity contribution in [3.05, 3.63) is 36.2 Å². The van der Waals surface area contributed by atoms with Crippen molar-refractivity contribution in [3.8, 4) is 0 Å². The molecule has 4 rings (SSSR count). The third-order valence-electron chi connectivity index (χ3n) is 7.02. The molecule has 14 heteroatoms. The van der Waals surface area contributed by atoms with Crippen LogP contribution in [-0.2, 0) is 10.0 Å². The molecule has 208 valence electrons. The molecule has 2 aliphatic rings. The van der Waals surface area contributed by atoms with Gasteiger partial charge in [-0.2, -0.15) is 0 Å². The summed E-state index contributed by atoms with van der Waals surface area (Å²) in [6, 6.07) is 6.78. The van der Waals surface area contributed by atoms with Crippen LogP contribution in [0.15, 0.2) is 30.6 Å². The van der Waals surface area contributed by atoms with Crippen LogP contribution in [0.4, 0.5) is 31.8 Å². The number of aliphatic hydroxyl groups excluding tert-OH is 1. The second-order valence-electron chi connectivity index (χ2n) is 10.6. The summed E-state index contributed by atoms with van der Waals surface area (Å²) in [6.45, 7) is 5.94. The molecule has 0 bridgehead atoms. The first kappa shape index (κ1) is 28.2. The lowest BCUT2D eigenvalue weighted by atomic mass is 10.1. The summed E-state index contributed by atoms with van der Waals surface area (Å²) in [5, 5.41) is 11.8. The Bertz CT molecular complexity index is 1260. The monoisotopic (exact) mass is 568 g/mol. The summed E-state index contributed by atoms with van der Waals surface area (Å²) in [4.78, 5) is 25.8. The maximum Gasteiger partial charge on any atom is 0.258 e. The third-order valence-corrected chi connectivity index (χ3v) is 11.4. The van der Waals surface area contributed by atoms with E-state index in [4.69, 9.17) is 5.11 Å². The Hall–Kier alpha value is -2.84. The predicted molar refractivity (Wildman–Crippen MR) is 147 cm³/mol. The molecule has 3 heterocycles. The molecule has 1 aromatic carbocycles. The summed E-state index contributed by atoms with van der Waals surface area (Å²) in [5.74, 6) is -2.95. The first-order valence-electron chi connectivity index (χ1n) is 12.6. The molecular weight excluding hydrogens is 534 g/mol. The molecular formula is C24H34F2N6O4SSi. The van der Waals surface area contributed by atoms with Crippen molar-refractivity contribution in [2.24, 2.45) is 0 Å². The molecule has 0 radical (unpaired) electrons. The highest BCUT2D eigenvalue weighted by atomic mass is 32.2. The lowest BCUT2D eigenvalue weighted by Gasteiger charge is -2.38. The van der Waals surface area contributed by atoms with Gasteiger partial charge in [0, 0.05) is 39.0 Å². The van der Waals surface area contributed by atoms with Crippen LogP contribution >= 0.6 is 0 Å². The Morgan fingerprint density at radius 3 is 2.45 bits per heavy atom. The fourth-order valence-corrected chi connectivity index (χ4v) is 7.40. The van der Waals surface area contributed by atoms with Crippen LogP contribution in [0, 0.1) is 0 Å². The van der Waals surface area contributed by atoms with Crippen molar-refractivity contribution in [1.82, 2.24) is 9.97 Å². The number of anilines is 4. The van der Waals surface area contributed by atoms with Crippen molar-refractivity contribution < 1.29 is 27.1 Å². The van der Waals surface area contributed by atoms with Gasteiger partial charge in [-0.3, -0.25) is 14.5 Å². The van der Waals surface area contributed by atoms with Gasteiger partial charge in [0.15, 0.2) is 5.82 Å². The van der Waals surface area contributed by atoms with Gasteiger partial charge in [-0.25, -0.2) is 22.2 Å². The molecule has 2 saturated heterocycles. The summed E-state index contributed by atoms with van der Waals surface area (Å²) >= 11 is 0. The number of benzene rings is 1. The van der Waals surface area contributed by atoms with E-state index in [1.807, 2.05) is 0 Å². The molecule has 1 amide bonds. The van der Waals surface area contributed by atoms with Gasteiger partial charge in [0.2, 0.25) is 10.0 Å². The Labute approximate surface area is 222 Å². The van der Waals surface area contributed by atoms with E-state index in [2.05, 4.69) is 38.0 Å². The van der Waals surface area contributed by atoms with Crippen molar-refractivity contribution in [2.75, 3.05) is 58.4 Å². The van der Waals surface area contributed by atoms with Crippen LogP contribution in [0.3, 0.4) is 0 Å². The Morgan fingerprint density at radius 1 is 1.11 bits per heavy atom. The van der Waals surface area contributed by atoms with E-state index in [1.165, 1.54) is 18.5 Å². The van der Waals surface area contributed by atoms with Crippen LogP contribution in [0.5, 0.6) is 0 Å². The second-order valence-corrected chi connectivity index (χ2v) is 17.8. The van der Waals surface area contributed by atoms with Gasteiger partial charge < -0.3 is 20.2 Å². The number of nitrogens with zero attached hydrogens (tertiary/aromatic N) is 4. The highest BCUT2D eigenvalue weighted by Crippen LogP contribution is 2.32. The quantitative estimate of drug-likeness (QED) is 0.414. The molecule has 1 aromatic heterocycles. The Kier molecular flexibility index (Phi) is 8.23. The third kappa shape index (κ3) is 7.17. The van der Waals surface area contributed by atoms with E-state index in [1.54, 1.807) is 17.0 Å². The smallest absolute Gasteiger partial charge is 0.258 e. The molecule has 2 aliphatic heterocycles. The number of aromatic nitrogens is 2. The van der Waals surface area contributed by atoms with Gasteiger partial charge in [0.1, 0.15) is 5.82 Å². The number of amides is 1. The number of alkyl halides is 2. The maximum atomic E-state index is 13.6. The lowest BCUT2D eigenvalue weighted by molar-refractivity contribution is -0.0221. The van der Waals surface area contributed by atoms with Gasteiger partial charge in [-0.15, -0.1) is 0 Å². The summed E-state index contributed by atoms with van der Waals surface area (Å²) in [5.41, 5.74) is 1.25. The number of hydrogen-bond acceptors (Lipinski definition) is 8. The molecule has 2 fully saturated rings. The first-order chi connectivity index (χ1) is 17.9. The minimum atomic E-state index is -3.74. The van der Waals surface area contributed by atoms with Crippen LogP contribution < -0.4 is 19.8 Å². The van der Waals surface area contributed by atoms with Crippen molar-refractivity contribution >= 4 is 47.0 Å². The number of sulfonamides is 1. The van der Waals surface area contributed by atoms with Gasteiger partial charge in [-0.1, -0.05) is 13.1 Å². The zero-order valence-corrected chi connectivity index (χ0v) is 23.4. The van der Waals surface area contributed by atoms with Gasteiger partial charge in [0.05, 0.1) is 49.8 Å². The number of carbonyl (C=O) groups excluding carboxylic acids is 1. The SMILES string of the molecule is C[Si]1(C)CCN(c2cc(NS(=O)(=O)CCO)ccc2C(=O)Nc2cncc(N3CCC(F)(F)CC3)n2)CC1. The topological polar surface area (TPSA) is 128 Å². The normalized spacial score (nSPS) is 19.2. The van der Waals surface area contributed by atoms with E-state index in [9.17, 15) is 22.0 Å². The first-order valence-corrected chi connectivity index (χ1v) is 17.7. The maximum absolute atomic E-state index is 13.6. The minimum Gasteiger partial charge on any atom is -0.395 e. The predicted octanol–water partition coefficient (Wildman–Crippen LogP) is 3.23. The van der Waals surface area contributed by atoms with Crippen LogP contribution in [0.2, 0.25) is 25.2 Å². The fourth-order valence-electron chi connectivity index (χ4n) is 4.57. The molecule has 0 unspecified atom stereocenters. The van der Waals surface area contributed by atoms with Gasteiger partial charge in [0.25, 0.3) is 11.8 Å². The molecule has 38 heavy (non-hydrogen) atoms. The Morgan fingerprint density at radius 2 is 1.79 bits per heavy atom. The number of carbonyl (C=O) groups is 1. The molecule has 0 aliphatic carbocycles. The summed E-state index contributed by atoms with van der Waals surface area (Å²) in [7, 11) is -5.05. The van der Waals surface area contributed by atoms with Crippen molar-refractivity contribution in [1.29, 1.82) is 0 Å². The summed E-state index contributed by atoms with van der Waals surface area (Å²) in [6.07, 6.45) is 2.35. The lowest BCUT2D eigenvalue weighted by Crippen LogP contribution is -2.43. The molecule has 10 nitrogen and oxygen atoms in total. The minimum absolute atomic E-state index is 0.144. The average Bonchev–Trinajstić information content (AvgIpc) is 2.84. The molecule has 2 aromatic rings. The van der Waals surface area contributed by atoms with E-state index in [0.717, 1.165) is 25.2 Å². The molecule has 0 atom stereocenters. The fraction of sp³-hybridized carbons (Fsp3) is 0.542. The highest BCUT2D eigenvalue weighted by Gasteiger charge is 2.34. The van der Waals surface area contributed by atoms with Crippen molar-refractivity contribution in [2.45, 2.75) is 43.9 Å². The zero-order valence-electron chi connectivity index (χ0n) is 21.6. The van der Waals surface area contributed by atoms with Crippen LogP contribution in [-0.4, -0.2) is 81.9 Å². The van der Waals surface area contributed by atoms with Crippen LogP contribution in [0.25, 0.3) is 0 Å². The molecule has 0 saturated carbocycles. The number of rotatable bonds is 8. The van der Waals surface area contributed by atoms with Crippen LogP contribution in [0.1, 0.15) is 23.2 Å². The number of halogens is 2. The highest BCUT2D eigenvalue weighted by molar-refractivity contribution is 7.92. The van der Waals surface area contributed by atoms with E-state index in [0.29, 0.717) is 22.8 Å². The number of nitrogens with one attached hydrogen (secondary N) is 2. The zero-order chi connectivity index (χ0) is 27.6. The average molecular weight is 569 g/mol. The number of piperidine rings is 1. The summed E-state index contributed by atoms with van der Waals surface area (Å²) < 4.78 is 54.0. The number of hydrogen-bond donors (Lipinski definition) is 3. The Balaban J connectivity index is 1.57. The second kappa shape index (κ2) is 11.1. The van der Waals surface area contributed by atoms with E-state index < -0.39 is 42.3 Å². The van der Waals surface area contributed by atoms with Gasteiger partial charge >= 0.3 is 0 Å².